The van der Waals surface area contributed by atoms with Gasteiger partial charge in [0.05, 0.1) is 26.4 Å². The summed E-state index contributed by atoms with van der Waals surface area (Å²) in [5, 5.41) is 10.1. The molecule has 1 rings (SSSR count). The predicted molar refractivity (Wildman–Crippen MR) is 90.1 cm³/mol. The van der Waals surface area contributed by atoms with Crippen LogP contribution in [0.2, 0.25) is 0 Å². The minimum Gasteiger partial charge on any atom is -0.497 e. The summed E-state index contributed by atoms with van der Waals surface area (Å²) in [7, 11) is 1.67. The fourth-order valence-electron chi connectivity index (χ4n) is 2.39. The van der Waals surface area contributed by atoms with Crippen molar-refractivity contribution < 1.29 is 14.6 Å². The zero-order chi connectivity index (χ0) is 16.4. The van der Waals surface area contributed by atoms with E-state index in [4.69, 9.17) is 9.47 Å². The summed E-state index contributed by atoms with van der Waals surface area (Å²) < 4.78 is 10.6. The molecule has 0 spiro atoms. The summed E-state index contributed by atoms with van der Waals surface area (Å²) in [6.07, 6.45) is 1.19. The van der Waals surface area contributed by atoms with Crippen LogP contribution in [0.25, 0.3) is 0 Å². The maximum absolute atomic E-state index is 10.1. The molecule has 0 bridgehead atoms. The van der Waals surface area contributed by atoms with Gasteiger partial charge in [0, 0.05) is 19.6 Å². The molecule has 0 aliphatic heterocycles. The van der Waals surface area contributed by atoms with Crippen LogP contribution in [0.3, 0.4) is 0 Å². The number of methoxy groups -OCH3 is 1. The summed E-state index contributed by atoms with van der Waals surface area (Å²) in [6, 6.07) is 8.05. The van der Waals surface area contributed by atoms with E-state index < -0.39 is 6.10 Å². The first-order chi connectivity index (χ1) is 10.5. The Morgan fingerprint density at radius 1 is 1.32 bits per heavy atom. The quantitative estimate of drug-likeness (QED) is 0.504. The molecule has 0 saturated carbocycles. The zero-order valence-corrected chi connectivity index (χ0v) is 14.0. The topological polar surface area (TPSA) is 41.9 Å². The maximum Gasteiger partial charge on any atom is 0.119 e. The van der Waals surface area contributed by atoms with Crippen molar-refractivity contribution in [2.24, 2.45) is 5.92 Å². The monoisotopic (exact) mass is 307 g/mol. The van der Waals surface area contributed by atoms with E-state index in [0.29, 0.717) is 25.7 Å². The Kier molecular flexibility index (Phi) is 8.82. The summed E-state index contributed by atoms with van der Waals surface area (Å²) >= 11 is 0. The Morgan fingerprint density at radius 3 is 2.73 bits per heavy atom. The first kappa shape index (κ1) is 18.7. The zero-order valence-electron chi connectivity index (χ0n) is 14.0. The van der Waals surface area contributed by atoms with Crippen molar-refractivity contribution in [3.05, 3.63) is 42.5 Å². The van der Waals surface area contributed by atoms with Crippen molar-refractivity contribution in [3.8, 4) is 5.75 Å². The van der Waals surface area contributed by atoms with E-state index in [2.05, 4.69) is 31.4 Å². The highest BCUT2D eigenvalue weighted by atomic mass is 16.5. The van der Waals surface area contributed by atoms with E-state index in [1.807, 2.05) is 18.2 Å². The van der Waals surface area contributed by atoms with E-state index in [-0.39, 0.29) is 0 Å². The van der Waals surface area contributed by atoms with Crippen LogP contribution < -0.4 is 4.74 Å². The van der Waals surface area contributed by atoms with Crippen molar-refractivity contribution in [2.75, 3.05) is 33.4 Å². The van der Waals surface area contributed by atoms with Gasteiger partial charge in [-0.1, -0.05) is 32.1 Å². The van der Waals surface area contributed by atoms with Gasteiger partial charge in [-0.25, -0.2) is 0 Å². The summed E-state index contributed by atoms with van der Waals surface area (Å²) in [5.41, 5.74) is 1.18. The number of rotatable bonds is 11. The van der Waals surface area contributed by atoms with Crippen LogP contribution in [-0.2, 0) is 11.3 Å². The van der Waals surface area contributed by atoms with Crippen molar-refractivity contribution >= 4 is 0 Å². The summed E-state index contributed by atoms with van der Waals surface area (Å²) in [4.78, 5) is 2.25. The lowest BCUT2D eigenvalue weighted by Gasteiger charge is -2.27. The smallest absolute Gasteiger partial charge is 0.119 e. The van der Waals surface area contributed by atoms with E-state index in [0.717, 1.165) is 18.8 Å². The van der Waals surface area contributed by atoms with Crippen LogP contribution in [0.15, 0.2) is 36.9 Å². The minimum absolute atomic E-state index is 0.332. The molecule has 0 fully saturated rings. The Hall–Kier alpha value is -1.36. The molecule has 1 atom stereocenters. The number of aliphatic hydroxyl groups excluding tert-OH is 1. The molecular weight excluding hydrogens is 278 g/mol. The molecular formula is C18H29NO3. The normalized spacial score (nSPS) is 12.6. The number of nitrogens with zero attached hydrogens (tertiary/aromatic N) is 1. The van der Waals surface area contributed by atoms with E-state index in [9.17, 15) is 5.11 Å². The van der Waals surface area contributed by atoms with Crippen LogP contribution in [0.5, 0.6) is 5.75 Å². The van der Waals surface area contributed by atoms with Gasteiger partial charge in [0.2, 0.25) is 0 Å². The van der Waals surface area contributed by atoms with Gasteiger partial charge in [0.1, 0.15) is 5.75 Å². The second kappa shape index (κ2) is 10.4. The Morgan fingerprint density at radius 2 is 2.09 bits per heavy atom. The van der Waals surface area contributed by atoms with Crippen LogP contribution in [0.4, 0.5) is 0 Å². The highest BCUT2D eigenvalue weighted by Gasteiger charge is 2.14. The van der Waals surface area contributed by atoms with Crippen molar-refractivity contribution in [3.63, 3.8) is 0 Å². The molecule has 0 aliphatic carbocycles. The van der Waals surface area contributed by atoms with Gasteiger partial charge in [-0.15, -0.1) is 6.58 Å². The highest BCUT2D eigenvalue weighted by molar-refractivity contribution is 5.28. The minimum atomic E-state index is -0.496. The lowest BCUT2D eigenvalue weighted by Crippen LogP contribution is -2.36. The highest BCUT2D eigenvalue weighted by Crippen LogP contribution is 2.15. The molecule has 0 amide bonds. The molecule has 1 aromatic rings. The van der Waals surface area contributed by atoms with E-state index in [1.165, 1.54) is 5.56 Å². The molecule has 0 heterocycles. The summed E-state index contributed by atoms with van der Waals surface area (Å²) in [6.45, 7) is 11.1. The lowest BCUT2D eigenvalue weighted by molar-refractivity contribution is 0.0223. The van der Waals surface area contributed by atoms with Crippen LogP contribution in [-0.4, -0.2) is 49.5 Å². The Bertz CT molecular complexity index is 434. The number of hydrogen-bond donors (Lipinski definition) is 1. The average Bonchev–Trinajstić information content (AvgIpc) is 2.47. The molecule has 22 heavy (non-hydrogen) atoms. The fourth-order valence-corrected chi connectivity index (χ4v) is 2.39. The van der Waals surface area contributed by atoms with Crippen LogP contribution in [0, 0.1) is 5.92 Å². The number of benzene rings is 1. The average molecular weight is 307 g/mol. The first-order valence-electron chi connectivity index (χ1n) is 7.77. The molecule has 0 aromatic heterocycles. The molecule has 4 heteroatoms. The van der Waals surface area contributed by atoms with Crippen LogP contribution >= 0.6 is 0 Å². The lowest BCUT2D eigenvalue weighted by atomic mass is 10.1. The summed E-state index contributed by atoms with van der Waals surface area (Å²) in [5.74, 6) is 1.39. The fraction of sp³-hybridized carbons (Fsp3) is 0.556. The molecule has 4 nitrogen and oxygen atoms in total. The maximum atomic E-state index is 10.1. The molecule has 0 aliphatic rings. The first-order valence-corrected chi connectivity index (χ1v) is 7.77. The van der Waals surface area contributed by atoms with E-state index >= 15 is 0 Å². The second-order valence-electron chi connectivity index (χ2n) is 5.92. The Labute approximate surface area is 134 Å². The predicted octanol–water partition coefficient (Wildman–Crippen LogP) is 2.72. The molecule has 124 valence electrons. The van der Waals surface area contributed by atoms with Gasteiger partial charge >= 0.3 is 0 Å². The van der Waals surface area contributed by atoms with Crippen molar-refractivity contribution in [1.82, 2.24) is 4.90 Å². The number of ether oxygens (including phenoxy) is 2. The van der Waals surface area contributed by atoms with Gasteiger partial charge < -0.3 is 14.6 Å². The number of hydrogen-bond acceptors (Lipinski definition) is 4. The third kappa shape index (κ3) is 7.59. The Balaban J connectivity index is 2.60. The van der Waals surface area contributed by atoms with Crippen molar-refractivity contribution in [1.29, 1.82) is 0 Å². The van der Waals surface area contributed by atoms with Gasteiger partial charge in [-0.3, -0.25) is 4.90 Å². The molecule has 0 radical (unpaired) electrons. The third-order valence-corrected chi connectivity index (χ3v) is 3.18. The third-order valence-electron chi connectivity index (χ3n) is 3.18. The van der Waals surface area contributed by atoms with E-state index in [1.54, 1.807) is 13.2 Å². The van der Waals surface area contributed by atoms with Gasteiger partial charge in [0.25, 0.3) is 0 Å². The SMILES string of the molecule is C=CCOC[C@H](O)CN(Cc1cccc(OC)c1)CC(C)C. The van der Waals surface area contributed by atoms with Gasteiger partial charge in [-0.05, 0) is 23.6 Å². The molecule has 1 aromatic carbocycles. The largest absolute Gasteiger partial charge is 0.497 e. The van der Waals surface area contributed by atoms with Gasteiger partial charge in [-0.2, -0.15) is 0 Å². The molecule has 0 saturated heterocycles. The van der Waals surface area contributed by atoms with Crippen molar-refractivity contribution in [2.45, 2.75) is 26.5 Å². The molecule has 0 unspecified atom stereocenters. The second-order valence-corrected chi connectivity index (χ2v) is 5.92. The number of aliphatic hydroxyl groups is 1. The standard InChI is InChI=1S/C18H29NO3/c1-5-9-22-14-17(20)13-19(11-15(2)3)12-16-7-6-8-18(10-16)21-4/h5-8,10,15,17,20H,1,9,11-14H2,2-4H3/t17-/m1/s1. The molecule has 1 N–H and O–H groups in total. The van der Waals surface area contributed by atoms with Gasteiger partial charge in [0.15, 0.2) is 0 Å². The van der Waals surface area contributed by atoms with Crippen LogP contribution in [0.1, 0.15) is 19.4 Å².